The van der Waals surface area contributed by atoms with Gasteiger partial charge in [0.2, 0.25) is 0 Å². The first-order valence-electron chi connectivity index (χ1n) is 4.54. The lowest BCUT2D eigenvalue weighted by Crippen LogP contribution is -2.01. The number of nitrogens with one attached hydrogen (secondary N) is 1. The molecule has 0 aliphatic rings. The van der Waals surface area contributed by atoms with E-state index in [1.807, 2.05) is 30.6 Å². The Labute approximate surface area is 98.2 Å². The molecule has 0 amide bonds. The van der Waals surface area contributed by atoms with Crippen molar-refractivity contribution in [1.29, 1.82) is 0 Å². The zero-order valence-electron chi connectivity index (χ0n) is 8.43. The van der Waals surface area contributed by atoms with E-state index < -0.39 is 0 Å². The largest absolute Gasteiger partial charge is 0.870 e. The van der Waals surface area contributed by atoms with E-state index in [1.54, 1.807) is 12.3 Å². The van der Waals surface area contributed by atoms with E-state index in [4.69, 9.17) is 16.3 Å². The maximum atomic E-state index is 5.72. The Kier molecular flexibility index (Phi) is 4.69. The predicted octanol–water partition coefficient (Wildman–Crippen LogP) is 1.95. The van der Waals surface area contributed by atoms with Crippen LogP contribution in [0.1, 0.15) is 5.69 Å². The summed E-state index contributed by atoms with van der Waals surface area (Å²) in [5.41, 5.74) is 0.854. The molecule has 2 heterocycles. The normalized spacial score (nSPS) is 9.31. The van der Waals surface area contributed by atoms with E-state index in [2.05, 4.69) is 9.97 Å². The Morgan fingerprint density at radius 2 is 1.94 bits per heavy atom. The molecule has 0 bridgehead atoms. The van der Waals surface area contributed by atoms with E-state index in [9.17, 15) is 0 Å². The van der Waals surface area contributed by atoms with E-state index in [1.165, 1.54) is 0 Å². The van der Waals surface area contributed by atoms with Crippen LogP contribution < -0.4 is 9.72 Å². The molecule has 2 aromatic rings. The standard InChI is InChI=1S/C11H9ClN2O.H2O/c12-9-1-2-10(14-7-9)8-15-11-3-5-13-6-4-11;/h1-7H,8H2;1H2. The summed E-state index contributed by atoms with van der Waals surface area (Å²) in [6, 6.07) is 7.36. The SMILES string of the molecule is Clc1ccc(COc2cc[nH+]cc2)nc1.[OH-]. The van der Waals surface area contributed by atoms with Gasteiger partial charge in [-0.1, -0.05) is 11.6 Å². The maximum absolute atomic E-state index is 5.72. The van der Waals surface area contributed by atoms with Crippen LogP contribution in [0, 0.1) is 0 Å². The zero-order chi connectivity index (χ0) is 10.5. The number of rotatable bonds is 3. The molecule has 2 N–H and O–H groups in total. The summed E-state index contributed by atoms with van der Waals surface area (Å²) in [4.78, 5) is 7.05. The van der Waals surface area contributed by atoms with Crippen LogP contribution in [0.15, 0.2) is 42.9 Å². The van der Waals surface area contributed by atoms with Crippen molar-refractivity contribution < 1.29 is 15.2 Å². The summed E-state index contributed by atoms with van der Waals surface area (Å²) in [6.07, 6.45) is 5.23. The molecule has 2 aromatic heterocycles. The van der Waals surface area contributed by atoms with Gasteiger partial charge in [-0.15, -0.1) is 0 Å². The number of H-pyrrole nitrogens is 1. The Hall–Kier alpha value is -1.65. The van der Waals surface area contributed by atoms with Crippen LogP contribution in [-0.4, -0.2) is 10.5 Å². The number of halogens is 1. The van der Waals surface area contributed by atoms with Crippen LogP contribution >= 0.6 is 11.6 Å². The highest BCUT2D eigenvalue weighted by atomic mass is 35.5. The van der Waals surface area contributed by atoms with E-state index in [0.29, 0.717) is 11.6 Å². The molecule has 2 rings (SSSR count). The quantitative estimate of drug-likeness (QED) is 0.821. The van der Waals surface area contributed by atoms with Gasteiger partial charge in [0.15, 0.2) is 12.4 Å². The lowest BCUT2D eigenvalue weighted by atomic mass is 10.4. The van der Waals surface area contributed by atoms with Crippen molar-refractivity contribution in [3.8, 4) is 5.75 Å². The highest BCUT2D eigenvalue weighted by molar-refractivity contribution is 6.30. The molecule has 0 saturated carbocycles. The number of pyridine rings is 2. The van der Waals surface area contributed by atoms with Crippen LogP contribution in [0.2, 0.25) is 5.02 Å². The summed E-state index contributed by atoms with van der Waals surface area (Å²) in [7, 11) is 0. The molecule has 0 aromatic carbocycles. The number of aromatic nitrogens is 2. The Bertz CT molecular complexity index is 420. The van der Waals surface area contributed by atoms with Crippen molar-refractivity contribution in [2.75, 3.05) is 0 Å². The minimum atomic E-state index is 0. The fourth-order valence-corrected chi connectivity index (χ4v) is 1.23. The fourth-order valence-electron chi connectivity index (χ4n) is 1.12. The van der Waals surface area contributed by atoms with Gasteiger partial charge >= 0.3 is 0 Å². The van der Waals surface area contributed by atoms with Crippen LogP contribution in [0.5, 0.6) is 5.75 Å². The maximum Gasteiger partial charge on any atom is 0.170 e. The van der Waals surface area contributed by atoms with Gasteiger partial charge in [0, 0.05) is 18.3 Å². The third-order valence-corrected chi connectivity index (χ3v) is 2.09. The van der Waals surface area contributed by atoms with Crippen molar-refractivity contribution in [2.45, 2.75) is 6.61 Å². The van der Waals surface area contributed by atoms with E-state index >= 15 is 0 Å². The number of nitrogens with zero attached hydrogens (tertiary/aromatic N) is 1. The Morgan fingerprint density at radius 3 is 2.56 bits per heavy atom. The fraction of sp³-hybridized carbons (Fsp3) is 0.0909. The minimum Gasteiger partial charge on any atom is -0.870 e. The van der Waals surface area contributed by atoms with Crippen LogP contribution in [0.25, 0.3) is 0 Å². The minimum absolute atomic E-state index is 0. The van der Waals surface area contributed by atoms with Crippen LogP contribution in [-0.2, 0) is 6.61 Å². The molecule has 0 radical (unpaired) electrons. The van der Waals surface area contributed by atoms with Crippen LogP contribution in [0.4, 0.5) is 0 Å². The summed E-state index contributed by atoms with van der Waals surface area (Å²) in [5, 5.41) is 0.632. The molecule has 0 unspecified atom stereocenters. The number of hydrogen-bond donors (Lipinski definition) is 0. The second-order valence-corrected chi connectivity index (χ2v) is 3.43. The van der Waals surface area contributed by atoms with Crippen LogP contribution in [0.3, 0.4) is 0 Å². The smallest absolute Gasteiger partial charge is 0.170 e. The van der Waals surface area contributed by atoms with Gasteiger partial charge in [0.05, 0.1) is 10.7 Å². The lowest BCUT2D eigenvalue weighted by molar-refractivity contribution is -0.378. The molecule has 0 fully saturated rings. The predicted molar refractivity (Wildman–Crippen MR) is 58.5 cm³/mol. The molecule has 0 atom stereocenters. The summed E-state index contributed by atoms with van der Waals surface area (Å²) >= 11 is 5.72. The Morgan fingerprint density at radius 1 is 1.19 bits per heavy atom. The van der Waals surface area contributed by atoms with Crippen molar-refractivity contribution in [2.24, 2.45) is 0 Å². The second kappa shape index (κ2) is 6.05. The average Bonchev–Trinajstić information content (AvgIpc) is 2.30. The first kappa shape index (κ1) is 12.4. The molecule has 16 heavy (non-hydrogen) atoms. The lowest BCUT2D eigenvalue weighted by Gasteiger charge is -2.03. The van der Waals surface area contributed by atoms with Gasteiger partial charge in [-0.3, -0.25) is 4.98 Å². The monoisotopic (exact) mass is 238 g/mol. The average molecular weight is 239 g/mol. The third-order valence-electron chi connectivity index (χ3n) is 1.86. The van der Waals surface area contributed by atoms with Gasteiger partial charge in [0.1, 0.15) is 12.4 Å². The van der Waals surface area contributed by atoms with E-state index in [0.717, 1.165) is 11.4 Å². The van der Waals surface area contributed by atoms with Gasteiger partial charge < -0.3 is 10.2 Å². The number of hydrogen-bond acceptors (Lipinski definition) is 3. The van der Waals surface area contributed by atoms with Crippen molar-refractivity contribution in [3.05, 3.63) is 53.6 Å². The molecule has 0 saturated heterocycles. The van der Waals surface area contributed by atoms with Gasteiger partial charge in [-0.25, -0.2) is 4.98 Å². The molecular formula is C11H11ClN2O2. The number of ether oxygens (including phenoxy) is 1. The summed E-state index contributed by atoms with van der Waals surface area (Å²) < 4.78 is 5.51. The molecule has 0 spiro atoms. The molecule has 84 valence electrons. The Balaban J connectivity index is 0.00000128. The third kappa shape index (κ3) is 3.49. The highest BCUT2D eigenvalue weighted by Crippen LogP contribution is 2.10. The van der Waals surface area contributed by atoms with Gasteiger partial charge in [-0.05, 0) is 12.1 Å². The summed E-state index contributed by atoms with van der Waals surface area (Å²) in [5.74, 6) is 0.811. The molecule has 0 aliphatic heterocycles. The molecule has 4 nitrogen and oxygen atoms in total. The zero-order valence-corrected chi connectivity index (χ0v) is 9.19. The number of aromatic amines is 1. The molecule has 0 aliphatic carbocycles. The topological polar surface area (TPSA) is 66.3 Å². The second-order valence-electron chi connectivity index (χ2n) is 2.99. The first-order chi connectivity index (χ1) is 7.34. The van der Waals surface area contributed by atoms with Crippen molar-refractivity contribution in [1.82, 2.24) is 4.98 Å². The summed E-state index contributed by atoms with van der Waals surface area (Å²) in [6.45, 7) is 0.446. The molecule has 5 heteroatoms. The van der Waals surface area contributed by atoms with E-state index in [-0.39, 0.29) is 5.48 Å². The highest BCUT2D eigenvalue weighted by Gasteiger charge is 1.97. The first-order valence-corrected chi connectivity index (χ1v) is 4.92. The van der Waals surface area contributed by atoms with Gasteiger partial charge in [-0.2, -0.15) is 0 Å². The molecular weight excluding hydrogens is 228 g/mol. The van der Waals surface area contributed by atoms with Gasteiger partial charge in [0.25, 0.3) is 0 Å². The van der Waals surface area contributed by atoms with Crippen molar-refractivity contribution in [3.63, 3.8) is 0 Å². The van der Waals surface area contributed by atoms with Crippen molar-refractivity contribution >= 4 is 11.6 Å².